The number of carbonyl (C=O) groups is 1. The second kappa shape index (κ2) is 6.13. The molecule has 7 nitrogen and oxygen atoms in total. The predicted molar refractivity (Wildman–Crippen MR) is 84.2 cm³/mol. The van der Waals surface area contributed by atoms with Gasteiger partial charge in [0.05, 0.1) is 17.1 Å². The number of anilines is 1. The van der Waals surface area contributed by atoms with E-state index in [-0.39, 0.29) is 12.3 Å². The Labute approximate surface area is 132 Å². The van der Waals surface area contributed by atoms with Crippen molar-refractivity contribution >= 4 is 22.7 Å². The fourth-order valence-corrected chi connectivity index (χ4v) is 2.50. The molecule has 23 heavy (non-hydrogen) atoms. The minimum absolute atomic E-state index is 0.117. The van der Waals surface area contributed by atoms with Crippen LogP contribution in [0.3, 0.4) is 0 Å². The number of carbonyl (C=O) groups excluding carboxylic acids is 1. The van der Waals surface area contributed by atoms with Gasteiger partial charge in [-0.2, -0.15) is 0 Å². The lowest BCUT2D eigenvalue weighted by atomic mass is 10.1. The van der Waals surface area contributed by atoms with Gasteiger partial charge in [-0.15, -0.1) is 0 Å². The van der Waals surface area contributed by atoms with Crippen LogP contribution in [0.15, 0.2) is 35.3 Å². The highest BCUT2D eigenvalue weighted by Gasteiger charge is 2.20. The Balaban J connectivity index is 1.90. The summed E-state index contributed by atoms with van der Waals surface area (Å²) in [6.45, 7) is 3.42. The molecule has 0 bridgehead atoms. The lowest BCUT2D eigenvalue weighted by Gasteiger charge is -2.12. The fourth-order valence-electron chi connectivity index (χ4n) is 2.50. The Bertz CT molecular complexity index is 845. The molecule has 7 heteroatoms. The van der Waals surface area contributed by atoms with Crippen molar-refractivity contribution < 1.29 is 14.3 Å². The molecule has 1 unspecified atom stereocenters. The molecule has 3 aromatic rings. The number of fused-ring (bicyclic) bond motifs is 1. The molecule has 0 aliphatic carbocycles. The van der Waals surface area contributed by atoms with Crippen LogP contribution in [0.1, 0.15) is 34.7 Å². The number of ketones is 1. The molecule has 0 radical (unpaired) electrons. The molecule has 0 amide bonds. The third-order valence-corrected chi connectivity index (χ3v) is 3.57. The van der Waals surface area contributed by atoms with Crippen LogP contribution < -0.4 is 5.32 Å². The van der Waals surface area contributed by atoms with E-state index in [4.69, 9.17) is 4.42 Å². The minimum atomic E-state index is -0.725. The van der Waals surface area contributed by atoms with Crippen LogP contribution in [-0.4, -0.2) is 32.4 Å². The number of rotatable bonds is 5. The van der Waals surface area contributed by atoms with Gasteiger partial charge in [0.1, 0.15) is 17.9 Å². The number of hydrogen-bond acceptors (Lipinski definition) is 7. The zero-order chi connectivity index (χ0) is 16.4. The van der Waals surface area contributed by atoms with Crippen molar-refractivity contribution in [2.75, 3.05) is 11.9 Å². The second-order valence-corrected chi connectivity index (χ2v) is 5.17. The zero-order valence-corrected chi connectivity index (χ0v) is 12.8. The fraction of sp³-hybridized carbons (Fsp3) is 0.250. The number of nitrogens with zero attached hydrogens (tertiary/aromatic N) is 3. The number of aryl methyl sites for hydroxylation is 1. The molecule has 0 aromatic carbocycles. The normalized spacial score (nSPS) is 12.3. The Morgan fingerprint density at radius 1 is 1.35 bits per heavy atom. The monoisotopic (exact) mass is 312 g/mol. The molecule has 0 saturated carbocycles. The van der Waals surface area contributed by atoms with Gasteiger partial charge < -0.3 is 14.8 Å². The summed E-state index contributed by atoms with van der Waals surface area (Å²) in [6.07, 6.45) is 3.87. The van der Waals surface area contributed by atoms with E-state index < -0.39 is 6.10 Å². The van der Waals surface area contributed by atoms with E-state index in [0.717, 1.165) is 5.56 Å². The summed E-state index contributed by atoms with van der Waals surface area (Å²) >= 11 is 0. The summed E-state index contributed by atoms with van der Waals surface area (Å²) < 4.78 is 5.51. The Morgan fingerprint density at radius 3 is 2.78 bits per heavy atom. The Kier molecular flexibility index (Phi) is 4.03. The van der Waals surface area contributed by atoms with Gasteiger partial charge in [0.15, 0.2) is 5.78 Å². The third kappa shape index (κ3) is 2.91. The quantitative estimate of drug-likeness (QED) is 0.697. The topological polar surface area (TPSA) is 101 Å². The highest BCUT2D eigenvalue weighted by Crippen LogP contribution is 2.29. The number of nitrogens with one attached hydrogen (secondary N) is 1. The molecule has 3 aromatic heterocycles. The Morgan fingerprint density at radius 2 is 2.09 bits per heavy atom. The number of furan rings is 1. The summed E-state index contributed by atoms with van der Waals surface area (Å²) in [6, 6.07) is 3.48. The minimum Gasteiger partial charge on any atom is -0.442 e. The van der Waals surface area contributed by atoms with Gasteiger partial charge in [-0.25, -0.2) is 9.97 Å². The lowest BCUT2D eigenvalue weighted by molar-refractivity contribution is 0.101. The van der Waals surface area contributed by atoms with Crippen LogP contribution in [0.25, 0.3) is 11.1 Å². The molecule has 1 atom stereocenters. The SMILES string of the molecule is CC(=O)c1c(C)oc2ncnc(NCC(O)c3ccncc3)c12. The van der Waals surface area contributed by atoms with Crippen LogP contribution in [0.5, 0.6) is 0 Å². The van der Waals surface area contributed by atoms with Gasteiger partial charge in [0, 0.05) is 18.9 Å². The molecular formula is C16H16N4O3. The van der Waals surface area contributed by atoms with Gasteiger partial charge in [-0.05, 0) is 31.5 Å². The molecule has 0 aliphatic rings. The van der Waals surface area contributed by atoms with E-state index in [0.29, 0.717) is 28.2 Å². The van der Waals surface area contributed by atoms with Crippen LogP contribution in [-0.2, 0) is 0 Å². The first-order chi connectivity index (χ1) is 11.1. The van der Waals surface area contributed by atoms with Crippen LogP contribution in [0, 0.1) is 6.92 Å². The molecule has 3 heterocycles. The van der Waals surface area contributed by atoms with Gasteiger partial charge in [-0.3, -0.25) is 9.78 Å². The lowest BCUT2D eigenvalue weighted by Crippen LogP contribution is -2.13. The summed E-state index contributed by atoms with van der Waals surface area (Å²) in [5, 5.41) is 13.8. The van der Waals surface area contributed by atoms with Crippen LogP contribution >= 0.6 is 0 Å². The van der Waals surface area contributed by atoms with Crippen molar-refractivity contribution in [2.24, 2.45) is 0 Å². The van der Waals surface area contributed by atoms with Crippen molar-refractivity contribution in [3.8, 4) is 0 Å². The summed E-state index contributed by atoms with van der Waals surface area (Å²) in [5.41, 5.74) is 1.55. The first-order valence-electron chi connectivity index (χ1n) is 7.15. The van der Waals surface area contributed by atoms with Gasteiger partial charge in [0.2, 0.25) is 5.71 Å². The number of aliphatic hydroxyl groups is 1. The molecule has 0 spiro atoms. The first-order valence-corrected chi connectivity index (χ1v) is 7.15. The average molecular weight is 312 g/mol. The van der Waals surface area contributed by atoms with E-state index in [1.54, 1.807) is 31.5 Å². The van der Waals surface area contributed by atoms with Crippen LogP contribution in [0.4, 0.5) is 5.82 Å². The number of Topliss-reactive ketones (excluding diaryl/α,β-unsaturated/α-hetero) is 1. The summed E-state index contributed by atoms with van der Waals surface area (Å²) in [4.78, 5) is 24.0. The number of aliphatic hydroxyl groups excluding tert-OH is 1. The molecule has 3 rings (SSSR count). The van der Waals surface area contributed by atoms with Crippen LogP contribution in [0.2, 0.25) is 0 Å². The zero-order valence-electron chi connectivity index (χ0n) is 12.8. The highest BCUT2D eigenvalue weighted by atomic mass is 16.3. The third-order valence-electron chi connectivity index (χ3n) is 3.57. The maximum atomic E-state index is 11.9. The van der Waals surface area contributed by atoms with Crippen molar-refractivity contribution in [3.63, 3.8) is 0 Å². The van der Waals surface area contributed by atoms with Gasteiger partial charge in [0.25, 0.3) is 0 Å². The largest absolute Gasteiger partial charge is 0.442 e. The van der Waals surface area contributed by atoms with E-state index in [1.807, 2.05) is 0 Å². The maximum Gasteiger partial charge on any atom is 0.232 e. The molecule has 118 valence electrons. The van der Waals surface area contributed by atoms with Crippen molar-refractivity contribution in [1.29, 1.82) is 0 Å². The van der Waals surface area contributed by atoms with E-state index in [9.17, 15) is 9.90 Å². The standard InChI is InChI=1S/C16H16N4O3/c1-9(21)13-10(2)23-16-14(13)15(19-8-20-16)18-7-12(22)11-3-5-17-6-4-11/h3-6,8,12,22H,7H2,1-2H3,(H,18,19,20). The van der Waals surface area contributed by atoms with Crippen molar-refractivity contribution in [2.45, 2.75) is 20.0 Å². The maximum absolute atomic E-state index is 11.9. The average Bonchev–Trinajstić information content (AvgIpc) is 2.90. The van der Waals surface area contributed by atoms with Gasteiger partial charge >= 0.3 is 0 Å². The molecular weight excluding hydrogens is 296 g/mol. The molecule has 0 aliphatic heterocycles. The smallest absolute Gasteiger partial charge is 0.232 e. The van der Waals surface area contributed by atoms with E-state index in [2.05, 4.69) is 20.3 Å². The molecule has 0 saturated heterocycles. The molecule has 0 fully saturated rings. The number of hydrogen-bond donors (Lipinski definition) is 2. The van der Waals surface area contributed by atoms with Crippen molar-refractivity contribution in [3.05, 3.63) is 47.7 Å². The predicted octanol–water partition coefficient (Wildman–Crippen LogP) is 2.27. The summed E-state index contributed by atoms with van der Waals surface area (Å²) in [5.74, 6) is 0.852. The van der Waals surface area contributed by atoms with E-state index >= 15 is 0 Å². The first kappa shape index (κ1) is 15.1. The van der Waals surface area contributed by atoms with Gasteiger partial charge in [-0.1, -0.05) is 0 Å². The Hall–Kier alpha value is -2.80. The van der Waals surface area contributed by atoms with Crippen molar-refractivity contribution in [1.82, 2.24) is 15.0 Å². The number of pyridine rings is 1. The molecule has 2 N–H and O–H groups in total. The van der Waals surface area contributed by atoms with E-state index in [1.165, 1.54) is 13.3 Å². The summed E-state index contributed by atoms with van der Waals surface area (Å²) in [7, 11) is 0. The number of aromatic nitrogens is 3. The second-order valence-electron chi connectivity index (χ2n) is 5.17. The highest BCUT2D eigenvalue weighted by molar-refractivity contribution is 6.09.